The standard InChI is InChI=1S/C28H35N5O5/c1-5-18-14-29-25-21-12-17(10-11-20(18)21)8-6-7-9-23-31-32-28(38-23)30-24(16(2)3)26(34)33-15-19(37-25)13-22(33)27(35)36-4/h10-12,14,16,19,22,24H,5-9,13,15H2,1-4H3,(H,30,32)/t19-,22+,24+/m1/s1. The summed E-state index contributed by atoms with van der Waals surface area (Å²) < 4.78 is 17.3. The van der Waals surface area contributed by atoms with Crippen LogP contribution in [0.3, 0.4) is 0 Å². The second-order valence-electron chi connectivity index (χ2n) is 10.4. The van der Waals surface area contributed by atoms with E-state index < -0.39 is 24.2 Å². The largest absolute Gasteiger partial charge is 0.472 e. The maximum absolute atomic E-state index is 13.8. The van der Waals surface area contributed by atoms with E-state index in [4.69, 9.17) is 13.9 Å². The lowest BCUT2D eigenvalue weighted by Crippen LogP contribution is -2.50. The number of hydrogen-bond acceptors (Lipinski definition) is 9. The molecule has 0 aliphatic carbocycles. The van der Waals surface area contributed by atoms with Gasteiger partial charge in [0.05, 0.1) is 13.7 Å². The average Bonchev–Trinajstić information content (AvgIpc) is 3.55. The number of esters is 1. The third-order valence-corrected chi connectivity index (χ3v) is 7.46. The molecule has 5 rings (SSSR count). The number of pyridine rings is 1. The van der Waals surface area contributed by atoms with Gasteiger partial charge in [-0.3, -0.25) is 4.79 Å². The minimum Gasteiger partial charge on any atom is -0.472 e. The number of nitrogens with one attached hydrogen (secondary N) is 1. The van der Waals surface area contributed by atoms with Crippen molar-refractivity contribution in [2.45, 2.75) is 77.5 Å². The number of carbonyl (C=O) groups is 2. The second-order valence-corrected chi connectivity index (χ2v) is 10.4. The quantitative estimate of drug-likeness (QED) is 0.514. The molecule has 10 heteroatoms. The van der Waals surface area contributed by atoms with Crippen LogP contribution in [0, 0.1) is 5.92 Å². The van der Waals surface area contributed by atoms with E-state index in [-0.39, 0.29) is 24.4 Å². The molecule has 38 heavy (non-hydrogen) atoms. The molecule has 1 fully saturated rings. The zero-order valence-electron chi connectivity index (χ0n) is 22.4. The summed E-state index contributed by atoms with van der Waals surface area (Å²) in [7, 11) is 1.33. The summed E-state index contributed by atoms with van der Waals surface area (Å²) in [6.45, 7) is 6.20. The zero-order valence-corrected chi connectivity index (χ0v) is 22.4. The number of rotatable bonds is 3. The van der Waals surface area contributed by atoms with Crippen molar-refractivity contribution in [1.29, 1.82) is 0 Å². The molecule has 1 amide bonds. The Bertz CT molecular complexity index is 1320. The molecule has 202 valence electrons. The third-order valence-electron chi connectivity index (χ3n) is 7.46. The number of fused-ring (bicyclic) bond motifs is 5. The summed E-state index contributed by atoms with van der Waals surface area (Å²) in [5, 5.41) is 13.4. The molecule has 1 saturated heterocycles. The number of nitrogens with zero attached hydrogens (tertiary/aromatic N) is 4. The summed E-state index contributed by atoms with van der Waals surface area (Å²) in [5.41, 5.74) is 2.34. The predicted octanol–water partition coefficient (Wildman–Crippen LogP) is 3.72. The van der Waals surface area contributed by atoms with Crippen molar-refractivity contribution in [3.8, 4) is 5.88 Å². The van der Waals surface area contributed by atoms with Crippen LogP contribution in [-0.4, -0.2) is 63.8 Å². The minimum absolute atomic E-state index is 0.104. The van der Waals surface area contributed by atoms with Gasteiger partial charge in [0.15, 0.2) is 0 Å². The lowest BCUT2D eigenvalue weighted by molar-refractivity contribution is -0.151. The van der Waals surface area contributed by atoms with Crippen LogP contribution in [0.4, 0.5) is 6.01 Å². The average molecular weight is 522 g/mol. The summed E-state index contributed by atoms with van der Waals surface area (Å²) in [4.78, 5) is 32.8. The monoisotopic (exact) mass is 521 g/mol. The number of carbonyl (C=O) groups excluding carboxylic acids is 2. The first-order chi connectivity index (χ1) is 18.4. The Hall–Kier alpha value is -3.69. The van der Waals surface area contributed by atoms with Gasteiger partial charge in [-0.25, -0.2) is 9.78 Å². The number of ether oxygens (including phenoxy) is 2. The SMILES string of the molecule is CCc1cnc2c3cc(ccc13)CCCCc1nnc(o1)N[C@@H](C(C)C)C(=O)N1C[C@@H](C[C@H]1C(=O)OC)O2. The van der Waals surface area contributed by atoms with Crippen LogP contribution in [0.25, 0.3) is 10.8 Å². The van der Waals surface area contributed by atoms with E-state index >= 15 is 0 Å². The molecule has 2 aliphatic heterocycles. The van der Waals surface area contributed by atoms with Crippen molar-refractivity contribution >= 4 is 28.7 Å². The lowest BCUT2D eigenvalue weighted by atomic mass is 10.00. The van der Waals surface area contributed by atoms with Gasteiger partial charge in [0.2, 0.25) is 17.7 Å². The molecule has 2 aliphatic rings. The van der Waals surface area contributed by atoms with Gasteiger partial charge >= 0.3 is 12.0 Å². The summed E-state index contributed by atoms with van der Waals surface area (Å²) in [5.74, 6) is 0.232. The fraction of sp³-hybridized carbons (Fsp3) is 0.536. The topological polar surface area (TPSA) is 120 Å². The molecule has 0 unspecified atom stereocenters. The third kappa shape index (κ3) is 5.16. The second kappa shape index (κ2) is 11.0. The molecule has 2 aromatic heterocycles. The van der Waals surface area contributed by atoms with E-state index in [1.807, 2.05) is 20.0 Å². The van der Waals surface area contributed by atoms with Crippen LogP contribution in [0.5, 0.6) is 5.88 Å². The van der Waals surface area contributed by atoms with Crippen LogP contribution < -0.4 is 10.1 Å². The van der Waals surface area contributed by atoms with Crippen LogP contribution in [0.1, 0.15) is 57.1 Å². The molecule has 3 aromatic rings. The molecule has 0 radical (unpaired) electrons. The van der Waals surface area contributed by atoms with E-state index in [9.17, 15) is 9.59 Å². The summed E-state index contributed by atoms with van der Waals surface area (Å²) in [6, 6.07) is 5.22. The van der Waals surface area contributed by atoms with Gasteiger partial charge in [0.1, 0.15) is 18.2 Å². The van der Waals surface area contributed by atoms with Gasteiger partial charge in [0, 0.05) is 24.4 Å². The first-order valence-electron chi connectivity index (χ1n) is 13.4. The van der Waals surface area contributed by atoms with E-state index in [2.05, 4.69) is 45.6 Å². The highest BCUT2D eigenvalue weighted by Gasteiger charge is 2.44. The Balaban J connectivity index is 1.55. The number of benzene rings is 1. The number of hydrogen-bond donors (Lipinski definition) is 1. The first kappa shape index (κ1) is 25.9. The van der Waals surface area contributed by atoms with Crippen LogP contribution in [0.15, 0.2) is 28.8 Å². The van der Waals surface area contributed by atoms with Crippen molar-refractivity contribution in [1.82, 2.24) is 20.1 Å². The Morgan fingerprint density at radius 1 is 1.21 bits per heavy atom. The van der Waals surface area contributed by atoms with E-state index in [1.54, 1.807) is 4.90 Å². The van der Waals surface area contributed by atoms with Crippen molar-refractivity contribution in [2.24, 2.45) is 5.92 Å². The molecule has 0 saturated carbocycles. The zero-order chi connectivity index (χ0) is 26.8. The van der Waals surface area contributed by atoms with Gasteiger partial charge in [0.25, 0.3) is 0 Å². The number of amides is 1. The molecule has 1 aromatic carbocycles. The Labute approximate surface area is 222 Å². The highest BCUT2D eigenvalue weighted by Crippen LogP contribution is 2.32. The van der Waals surface area contributed by atoms with E-state index in [1.165, 1.54) is 12.7 Å². The Morgan fingerprint density at radius 2 is 2.03 bits per heavy atom. The normalized spacial score (nSPS) is 22.2. The predicted molar refractivity (Wildman–Crippen MR) is 141 cm³/mol. The van der Waals surface area contributed by atoms with Gasteiger partial charge in [-0.05, 0) is 54.2 Å². The molecule has 0 spiro atoms. The van der Waals surface area contributed by atoms with Crippen LogP contribution >= 0.6 is 0 Å². The molecular formula is C28H35N5O5. The van der Waals surface area contributed by atoms with Gasteiger partial charge in [-0.1, -0.05) is 38.0 Å². The van der Waals surface area contributed by atoms with Gasteiger partial charge in [-0.2, -0.15) is 0 Å². The Kier molecular flexibility index (Phi) is 7.49. The van der Waals surface area contributed by atoms with Crippen molar-refractivity contribution in [3.63, 3.8) is 0 Å². The number of methoxy groups -OCH3 is 1. The number of aryl methyl sites for hydroxylation is 3. The highest BCUT2D eigenvalue weighted by atomic mass is 16.5. The molecule has 10 nitrogen and oxygen atoms in total. The first-order valence-corrected chi connectivity index (χ1v) is 13.4. The fourth-order valence-electron chi connectivity index (χ4n) is 5.34. The van der Waals surface area contributed by atoms with E-state index in [0.29, 0.717) is 24.6 Å². The van der Waals surface area contributed by atoms with Crippen molar-refractivity contribution in [3.05, 3.63) is 41.4 Å². The highest BCUT2D eigenvalue weighted by molar-refractivity contribution is 5.91. The van der Waals surface area contributed by atoms with Crippen LogP contribution in [0.2, 0.25) is 0 Å². The molecular weight excluding hydrogens is 486 g/mol. The summed E-state index contributed by atoms with van der Waals surface area (Å²) >= 11 is 0. The molecule has 4 heterocycles. The Morgan fingerprint density at radius 3 is 2.79 bits per heavy atom. The van der Waals surface area contributed by atoms with Crippen LogP contribution in [-0.2, 0) is 33.6 Å². The fourth-order valence-corrected chi connectivity index (χ4v) is 5.34. The number of anilines is 1. The minimum atomic E-state index is -0.766. The molecule has 3 atom stereocenters. The maximum atomic E-state index is 13.8. The number of aromatic nitrogens is 3. The van der Waals surface area contributed by atoms with Gasteiger partial charge < -0.3 is 24.1 Å². The lowest BCUT2D eigenvalue weighted by Gasteiger charge is -2.29. The molecule has 1 N–H and O–H groups in total. The van der Waals surface area contributed by atoms with E-state index in [0.717, 1.165) is 42.0 Å². The molecule has 6 bridgehead atoms. The summed E-state index contributed by atoms with van der Waals surface area (Å²) in [6.07, 6.45) is 6.00. The van der Waals surface area contributed by atoms with Crippen molar-refractivity contribution in [2.75, 3.05) is 19.0 Å². The van der Waals surface area contributed by atoms with Crippen molar-refractivity contribution < 1.29 is 23.5 Å². The van der Waals surface area contributed by atoms with Gasteiger partial charge in [-0.15, -0.1) is 5.10 Å². The smallest absolute Gasteiger partial charge is 0.328 e. The maximum Gasteiger partial charge on any atom is 0.328 e.